The van der Waals surface area contributed by atoms with Crippen molar-refractivity contribution in [3.8, 4) is 0 Å². The maximum atomic E-state index is 13.9. The van der Waals surface area contributed by atoms with Crippen molar-refractivity contribution in [3.05, 3.63) is 71.9 Å². The number of halogens is 3. The van der Waals surface area contributed by atoms with Crippen LogP contribution in [0.5, 0.6) is 0 Å². The fourth-order valence-electron chi connectivity index (χ4n) is 4.95. The summed E-state index contributed by atoms with van der Waals surface area (Å²) in [5, 5.41) is 3.91. The molecule has 3 heterocycles. The lowest BCUT2D eigenvalue weighted by Crippen LogP contribution is -2.31. The third-order valence-electron chi connectivity index (χ3n) is 6.07. The first-order chi connectivity index (χ1) is 13.9. The number of alkyl halides is 3. The van der Waals surface area contributed by atoms with Crippen molar-refractivity contribution in [2.45, 2.75) is 13.1 Å². The molecule has 0 N–H and O–H groups in total. The average Bonchev–Trinajstić information content (AvgIpc) is 3.03. The van der Waals surface area contributed by atoms with Crippen LogP contribution in [0.15, 0.2) is 60.8 Å². The van der Waals surface area contributed by atoms with Gasteiger partial charge in [0.2, 0.25) is 5.52 Å². The highest BCUT2D eigenvalue weighted by atomic mass is 19.4. The molecule has 0 saturated heterocycles. The van der Waals surface area contributed by atoms with Gasteiger partial charge in [0, 0.05) is 16.2 Å². The van der Waals surface area contributed by atoms with Gasteiger partial charge in [0.05, 0.1) is 27.3 Å². The van der Waals surface area contributed by atoms with Gasteiger partial charge in [0.1, 0.15) is 12.6 Å². The number of pyridine rings is 2. The van der Waals surface area contributed by atoms with Crippen LogP contribution in [0, 0.1) is 6.92 Å². The van der Waals surface area contributed by atoms with Gasteiger partial charge in [0.15, 0.2) is 6.20 Å². The van der Waals surface area contributed by atoms with Crippen molar-refractivity contribution >= 4 is 49.0 Å². The Kier molecular flexibility index (Phi) is 2.96. The fourth-order valence-corrected chi connectivity index (χ4v) is 4.95. The molecule has 0 aliphatic rings. The molecule has 0 aliphatic heterocycles. The summed E-state index contributed by atoms with van der Waals surface area (Å²) in [6.45, 7) is 2.01. The fraction of sp³-hybridized carbons (Fsp3) is 0.125. The van der Waals surface area contributed by atoms with E-state index in [0.29, 0.717) is 5.39 Å². The lowest BCUT2D eigenvalue weighted by molar-refractivity contribution is -0.644. The highest BCUT2D eigenvalue weighted by Crippen LogP contribution is 2.44. The molecule has 29 heavy (non-hydrogen) atoms. The topological polar surface area (TPSA) is 8.29 Å². The summed E-state index contributed by atoms with van der Waals surface area (Å²) < 4.78 is 45.5. The second-order valence-electron chi connectivity index (χ2n) is 7.71. The molecule has 0 atom stereocenters. The Labute approximate surface area is 163 Å². The van der Waals surface area contributed by atoms with Crippen molar-refractivity contribution in [3.63, 3.8) is 0 Å². The van der Waals surface area contributed by atoms with Crippen LogP contribution in [-0.2, 0) is 13.2 Å². The maximum absolute atomic E-state index is 13.9. The van der Waals surface area contributed by atoms with Crippen LogP contribution < -0.4 is 4.57 Å². The molecule has 0 amide bonds. The van der Waals surface area contributed by atoms with Crippen molar-refractivity contribution in [2.24, 2.45) is 7.05 Å². The summed E-state index contributed by atoms with van der Waals surface area (Å²) in [4.78, 5) is 0. The smallest absolute Gasteiger partial charge is 0.307 e. The molecule has 3 aromatic heterocycles. The second kappa shape index (κ2) is 5.17. The van der Waals surface area contributed by atoms with Crippen LogP contribution in [0.4, 0.5) is 13.2 Å². The van der Waals surface area contributed by atoms with Gasteiger partial charge in [-0.25, -0.2) is 0 Å². The quantitative estimate of drug-likeness (QED) is 0.168. The van der Waals surface area contributed by atoms with E-state index in [1.165, 1.54) is 6.20 Å². The molecule has 0 unspecified atom stereocenters. The molecule has 3 aromatic carbocycles. The number of aromatic nitrogens is 2. The summed E-state index contributed by atoms with van der Waals surface area (Å²) in [6.07, 6.45) is -3.20. The molecule has 0 aliphatic carbocycles. The van der Waals surface area contributed by atoms with E-state index < -0.39 is 11.7 Å². The van der Waals surface area contributed by atoms with Crippen molar-refractivity contribution in [1.29, 1.82) is 0 Å². The van der Waals surface area contributed by atoms with Crippen LogP contribution in [0.3, 0.4) is 0 Å². The van der Waals surface area contributed by atoms with Crippen molar-refractivity contribution < 1.29 is 17.7 Å². The number of hydrogen-bond donors (Lipinski definition) is 0. The van der Waals surface area contributed by atoms with E-state index in [1.807, 2.05) is 55.5 Å². The molecule has 6 rings (SSSR count). The number of hydrogen-bond acceptors (Lipinski definition) is 0. The average molecular weight is 389 g/mol. The van der Waals surface area contributed by atoms with Gasteiger partial charge in [0.25, 0.3) is 0 Å². The molecule has 142 valence electrons. The normalized spacial score (nSPS) is 13.0. The van der Waals surface area contributed by atoms with E-state index in [0.717, 1.165) is 43.8 Å². The van der Waals surface area contributed by atoms with Crippen molar-refractivity contribution in [2.75, 3.05) is 0 Å². The Morgan fingerprint density at radius 3 is 2.31 bits per heavy atom. The molecule has 0 fully saturated rings. The zero-order valence-electron chi connectivity index (χ0n) is 15.8. The zero-order valence-corrected chi connectivity index (χ0v) is 15.8. The number of fused-ring (bicyclic) bond motifs is 6. The van der Waals surface area contributed by atoms with E-state index >= 15 is 0 Å². The summed E-state index contributed by atoms with van der Waals surface area (Å²) in [5.74, 6) is 0. The summed E-state index contributed by atoms with van der Waals surface area (Å²) in [5.41, 5.74) is 4.13. The second-order valence-corrected chi connectivity index (χ2v) is 7.71. The number of para-hydroxylation sites is 1. The Bertz CT molecular complexity index is 1610. The van der Waals surface area contributed by atoms with Crippen LogP contribution in [-0.4, -0.2) is 4.40 Å². The van der Waals surface area contributed by atoms with Crippen LogP contribution in [0.1, 0.15) is 11.1 Å². The molecule has 0 bridgehead atoms. The first-order valence-corrected chi connectivity index (χ1v) is 9.44. The van der Waals surface area contributed by atoms with Crippen LogP contribution in [0.2, 0.25) is 0 Å². The third-order valence-corrected chi connectivity index (χ3v) is 6.07. The lowest BCUT2D eigenvalue weighted by atomic mass is 9.97. The molecule has 5 heteroatoms. The third kappa shape index (κ3) is 1.95. The Balaban J connectivity index is 2.10. The van der Waals surface area contributed by atoms with E-state index in [1.54, 1.807) is 17.7 Å². The molecule has 2 nitrogen and oxygen atoms in total. The van der Waals surface area contributed by atoms with Crippen LogP contribution >= 0.6 is 0 Å². The molecular formula is C24H16F3N2+. The van der Waals surface area contributed by atoms with Gasteiger partial charge >= 0.3 is 6.18 Å². The minimum atomic E-state index is -4.42. The number of nitrogens with zero attached hydrogens (tertiary/aromatic N) is 2. The lowest BCUT2D eigenvalue weighted by Gasteiger charge is -2.15. The monoisotopic (exact) mass is 389 g/mol. The van der Waals surface area contributed by atoms with Gasteiger partial charge in [-0.05, 0) is 24.6 Å². The van der Waals surface area contributed by atoms with Gasteiger partial charge < -0.3 is 4.40 Å². The van der Waals surface area contributed by atoms with Gasteiger partial charge in [-0.2, -0.15) is 17.7 Å². The van der Waals surface area contributed by atoms with E-state index in [-0.39, 0.29) is 5.39 Å². The Hall–Kier alpha value is -3.34. The summed E-state index contributed by atoms with van der Waals surface area (Å²) in [6, 6.07) is 17.5. The maximum Gasteiger partial charge on any atom is 0.422 e. The molecular weight excluding hydrogens is 373 g/mol. The molecule has 0 spiro atoms. The largest absolute Gasteiger partial charge is 0.422 e. The minimum absolute atomic E-state index is 0.246. The minimum Gasteiger partial charge on any atom is -0.307 e. The molecule has 0 saturated carbocycles. The van der Waals surface area contributed by atoms with Crippen molar-refractivity contribution in [1.82, 2.24) is 4.40 Å². The first kappa shape index (κ1) is 16.6. The first-order valence-electron chi connectivity index (χ1n) is 9.44. The van der Waals surface area contributed by atoms with Crippen LogP contribution in [0.25, 0.3) is 49.0 Å². The number of benzene rings is 3. The number of aryl methyl sites for hydroxylation is 2. The standard InChI is InChI=1S/C24H16F3N2/c1-13-6-5-9-19-20(13)23-21-16(17(12-28(23)2)24(25,26)27)11-10-15-14-7-3-4-8-18(14)29(19)22(15)21/h3-12H,1-2H3/q+1. The Morgan fingerprint density at radius 1 is 0.793 bits per heavy atom. The highest BCUT2D eigenvalue weighted by molar-refractivity contribution is 6.27. The summed E-state index contributed by atoms with van der Waals surface area (Å²) >= 11 is 0. The van der Waals surface area contributed by atoms with E-state index in [2.05, 4.69) is 4.40 Å². The van der Waals surface area contributed by atoms with E-state index in [4.69, 9.17) is 0 Å². The van der Waals surface area contributed by atoms with Gasteiger partial charge in [-0.15, -0.1) is 0 Å². The van der Waals surface area contributed by atoms with Gasteiger partial charge in [-0.3, -0.25) is 0 Å². The highest BCUT2D eigenvalue weighted by Gasteiger charge is 2.38. The predicted molar refractivity (Wildman–Crippen MR) is 110 cm³/mol. The summed E-state index contributed by atoms with van der Waals surface area (Å²) in [7, 11) is 1.71. The Morgan fingerprint density at radius 2 is 1.52 bits per heavy atom. The molecule has 6 aromatic rings. The predicted octanol–water partition coefficient (Wildman–Crippen LogP) is 6.14. The van der Waals surface area contributed by atoms with E-state index in [9.17, 15) is 13.2 Å². The number of rotatable bonds is 0. The SMILES string of the molecule is Cc1cccc2c1c1c3c(ccc4c5ccccc5n2c43)c(C(F)(F)F)c[n+]1C. The van der Waals surface area contributed by atoms with Gasteiger partial charge in [-0.1, -0.05) is 42.5 Å². The molecule has 0 radical (unpaired) electrons. The zero-order chi connectivity index (χ0) is 20.1.